The Morgan fingerprint density at radius 2 is 2.00 bits per heavy atom. The molecule has 1 atom stereocenters. The van der Waals surface area contributed by atoms with Crippen molar-refractivity contribution in [1.82, 2.24) is 5.32 Å². The fourth-order valence-electron chi connectivity index (χ4n) is 2.26. The minimum absolute atomic E-state index is 0.327. The number of benzene rings is 1. The molecule has 18 heavy (non-hydrogen) atoms. The van der Waals surface area contributed by atoms with Gasteiger partial charge in [0.25, 0.3) is 0 Å². The van der Waals surface area contributed by atoms with Gasteiger partial charge in [0.15, 0.2) is 0 Å². The Bertz CT molecular complexity index is 501. The largest absolute Gasteiger partial charge is 0.469 e. The van der Waals surface area contributed by atoms with E-state index in [2.05, 4.69) is 49.5 Å². The van der Waals surface area contributed by atoms with E-state index in [1.165, 1.54) is 16.7 Å². The van der Waals surface area contributed by atoms with Crippen LogP contribution in [0.15, 0.2) is 41.0 Å². The zero-order valence-corrected chi connectivity index (χ0v) is 11.4. The third kappa shape index (κ3) is 3.02. The van der Waals surface area contributed by atoms with Crippen LogP contribution < -0.4 is 5.32 Å². The third-order valence-electron chi connectivity index (χ3n) is 3.29. The summed E-state index contributed by atoms with van der Waals surface area (Å²) in [5.74, 6) is 0.970. The number of hydrogen-bond donors (Lipinski definition) is 1. The number of likely N-dealkylation sites (N-methyl/N-ethyl adjacent to an activating group) is 1. The first-order valence-corrected chi connectivity index (χ1v) is 6.53. The highest BCUT2D eigenvalue weighted by molar-refractivity contribution is 5.28. The number of furan rings is 1. The summed E-state index contributed by atoms with van der Waals surface area (Å²) in [5.41, 5.74) is 3.97. The summed E-state index contributed by atoms with van der Waals surface area (Å²) in [5, 5.41) is 3.53. The molecule has 0 spiro atoms. The van der Waals surface area contributed by atoms with E-state index in [-0.39, 0.29) is 0 Å². The Kier molecular flexibility index (Phi) is 4.21. The second kappa shape index (κ2) is 5.87. The molecule has 1 N–H and O–H groups in total. The van der Waals surface area contributed by atoms with Crippen LogP contribution in [0.25, 0.3) is 0 Å². The summed E-state index contributed by atoms with van der Waals surface area (Å²) in [4.78, 5) is 0. The average molecular weight is 243 g/mol. The molecule has 0 saturated carbocycles. The summed E-state index contributed by atoms with van der Waals surface area (Å²) >= 11 is 0. The molecule has 0 aliphatic heterocycles. The summed E-state index contributed by atoms with van der Waals surface area (Å²) in [6, 6.07) is 11.0. The van der Waals surface area contributed by atoms with E-state index in [1.54, 1.807) is 0 Å². The van der Waals surface area contributed by atoms with Gasteiger partial charge in [0.2, 0.25) is 0 Å². The van der Waals surface area contributed by atoms with E-state index in [0.29, 0.717) is 6.04 Å². The first-order chi connectivity index (χ1) is 8.70. The van der Waals surface area contributed by atoms with Crippen molar-refractivity contribution in [2.45, 2.75) is 33.2 Å². The lowest BCUT2D eigenvalue weighted by molar-refractivity contribution is 0.511. The Morgan fingerprint density at radius 1 is 1.22 bits per heavy atom. The van der Waals surface area contributed by atoms with Gasteiger partial charge in [-0.1, -0.05) is 31.2 Å². The monoisotopic (exact) mass is 243 g/mol. The zero-order valence-electron chi connectivity index (χ0n) is 11.4. The van der Waals surface area contributed by atoms with Gasteiger partial charge in [-0.3, -0.25) is 0 Å². The van der Waals surface area contributed by atoms with Gasteiger partial charge in [0.05, 0.1) is 6.26 Å². The maximum atomic E-state index is 5.42. The van der Waals surface area contributed by atoms with Gasteiger partial charge in [-0.15, -0.1) is 0 Å². The van der Waals surface area contributed by atoms with Crippen LogP contribution in [-0.2, 0) is 6.42 Å². The van der Waals surface area contributed by atoms with Gasteiger partial charge in [-0.05, 0) is 44.0 Å². The Morgan fingerprint density at radius 3 is 2.61 bits per heavy atom. The molecule has 0 radical (unpaired) electrons. The van der Waals surface area contributed by atoms with Crippen molar-refractivity contribution in [1.29, 1.82) is 0 Å². The summed E-state index contributed by atoms with van der Waals surface area (Å²) in [6.45, 7) is 7.25. The maximum absolute atomic E-state index is 5.42. The Hall–Kier alpha value is -1.54. The predicted octanol–water partition coefficient (Wildman–Crippen LogP) is 3.79. The van der Waals surface area contributed by atoms with Crippen molar-refractivity contribution in [3.8, 4) is 0 Å². The van der Waals surface area contributed by atoms with Crippen LogP contribution in [0.1, 0.15) is 35.4 Å². The van der Waals surface area contributed by atoms with Gasteiger partial charge in [-0.25, -0.2) is 0 Å². The smallest absolute Gasteiger partial charge is 0.101 e. The molecule has 1 unspecified atom stereocenters. The molecule has 1 aromatic heterocycles. The number of rotatable bonds is 5. The van der Waals surface area contributed by atoms with Crippen LogP contribution in [0.3, 0.4) is 0 Å². The number of aryl methyl sites for hydroxylation is 2. The minimum atomic E-state index is 0.327. The van der Waals surface area contributed by atoms with Crippen LogP contribution in [0.5, 0.6) is 0 Å². The molecule has 0 saturated heterocycles. The van der Waals surface area contributed by atoms with Crippen molar-refractivity contribution < 1.29 is 4.42 Å². The molecule has 0 aliphatic rings. The summed E-state index contributed by atoms with van der Waals surface area (Å²) in [7, 11) is 0. The highest BCUT2D eigenvalue weighted by Gasteiger charge is 2.14. The molecule has 1 heterocycles. The van der Waals surface area contributed by atoms with Gasteiger partial charge >= 0.3 is 0 Å². The van der Waals surface area contributed by atoms with Crippen LogP contribution >= 0.6 is 0 Å². The van der Waals surface area contributed by atoms with Crippen LogP contribution in [-0.4, -0.2) is 6.54 Å². The van der Waals surface area contributed by atoms with Crippen LogP contribution in [0, 0.1) is 13.8 Å². The van der Waals surface area contributed by atoms with E-state index in [0.717, 1.165) is 18.7 Å². The highest BCUT2D eigenvalue weighted by atomic mass is 16.3. The van der Waals surface area contributed by atoms with E-state index in [9.17, 15) is 0 Å². The van der Waals surface area contributed by atoms with Crippen LogP contribution in [0.4, 0.5) is 0 Å². The lowest BCUT2D eigenvalue weighted by Crippen LogP contribution is -2.22. The third-order valence-corrected chi connectivity index (χ3v) is 3.29. The second-order valence-electron chi connectivity index (χ2n) is 4.73. The zero-order chi connectivity index (χ0) is 13.0. The van der Waals surface area contributed by atoms with E-state index in [1.807, 2.05) is 13.2 Å². The Labute approximate surface area is 109 Å². The number of nitrogens with one attached hydrogen (secondary N) is 1. The normalized spacial score (nSPS) is 12.6. The first-order valence-electron chi connectivity index (χ1n) is 6.53. The van der Waals surface area contributed by atoms with E-state index >= 15 is 0 Å². The average Bonchev–Trinajstić information content (AvgIpc) is 2.78. The minimum Gasteiger partial charge on any atom is -0.469 e. The van der Waals surface area contributed by atoms with E-state index in [4.69, 9.17) is 4.42 Å². The first kappa shape index (κ1) is 12.9. The molecule has 0 bridgehead atoms. The molecule has 0 fully saturated rings. The molecule has 96 valence electrons. The molecule has 1 aromatic carbocycles. The topological polar surface area (TPSA) is 25.2 Å². The molecule has 2 nitrogen and oxygen atoms in total. The second-order valence-corrected chi connectivity index (χ2v) is 4.73. The van der Waals surface area contributed by atoms with Gasteiger partial charge in [0.1, 0.15) is 5.76 Å². The summed E-state index contributed by atoms with van der Waals surface area (Å²) < 4.78 is 5.42. The lowest BCUT2D eigenvalue weighted by atomic mass is 9.97. The lowest BCUT2D eigenvalue weighted by Gasteiger charge is -2.17. The fourth-order valence-corrected chi connectivity index (χ4v) is 2.26. The van der Waals surface area contributed by atoms with Gasteiger partial charge in [0, 0.05) is 11.6 Å². The molecule has 0 aliphatic carbocycles. The Balaban J connectivity index is 2.19. The van der Waals surface area contributed by atoms with Crippen molar-refractivity contribution in [2.75, 3.05) is 6.54 Å². The SMILES string of the molecule is CCNC(Cc1ccccc1C)c1coc(C)c1. The van der Waals surface area contributed by atoms with Crippen molar-refractivity contribution in [3.05, 3.63) is 59.0 Å². The molecule has 2 heteroatoms. The summed E-state index contributed by atoms with van der Waals surface area (Å²) in [6.07, 6.45) is 2.86. The molecular weight excluding hydrogens is 222 g/mol. The predicted molar refractivity (Wildman–Crippen MR) is 74.7 cm³/mol. The molecular formula is C16H21NO. The fraction of sp³-hybridized carbons (Fsp3) is 0.375. The van der Waals surface area contributed by atoms with Crippen molar-refractivity contribution >= 4 is 0 Å². The van der Waals surface area contributed by atoms with Crippen molar-refractivity contribution in [2.24, 2.45) is 0 Å². The van der Waals surface area contributed by atoms with Gasteiger partial charge in [-0.2, -0.15) is 0 Å². The van der Waals surface area contributed by atoms with E-state index < -0.39 is 0 Å². The van der Waals surface area contributed by atoms with Gasteiger partial charge < -0.3 is 9.73 Å². The molecule has 2 aromatic rings. The maximum Gasteiger partial charge on any atom is 0.101 e. The highest BCUT2D eigenvalue weighted by Crippen LogP contribution is 2.22. The van der Waals surface area contributed by atoms with Crippen LogP contribution in [0.2, 0.25) is 0 Å². The van der Waals surface area contributed by atoms with Crippen molar-refractivity contribution in [3.63, 3.8) is 0 Å². The number of hydrogen-bond acceptors (Lipinski definition) is 2. The standard InChI is InChI=1S/C16H21NO/c1-4-17-16(15-9-13(3)18-11-15)10-14-8-6-5-7-12(14)2/h5-9,11,16-17H,4,10H2,1-3H3. The molecule has 0 amide bonds. The quantitative estimate of drug-likeness (QED) is 0.864. The molecule has 2 rings (SSSR count).